The smallest absolute Gasteiger partial charge is 0.337 e. The molecule has 0 heterocycles. The molecule has 0 aromatic carbocycles. The van der Waals surface area contributed by atoms with E-state index >= 15 is 0 Å². The minimum absolute atomic E-state index is 0.231. The summed E-state index contributed by atoms with van der Waals surface area (Å²) in [6, 6.07) is 0. The van der Waals surface area contributed by atoms with Gasteiger partial charge in [-0.25, -0.2) is 4.79 Å². The van der Waals surface area contributed by atoms with Crippen molar-refractivity contribution in [3.8, 4) is 0 Å². The van der Waals surface area contributed by atoms with Gasteiger partial charge in [-0.2, -0.15) is 0 Å². The van der Waals surface area contributed by atoms with E-state index in [1.165, 1.54) is 19.1 Å². The monoisotopic (exact) mass is 190 g/mol. The normalized spacial score (nSPS) is 34.5. The van der Waals surface area contributed by atoms with Crippen LogP contribution in [0.2, 0.25) is 0 Å². The Morgan fingerprint density at radius 1 is 1.57 bits per heavy atom. The molecule has 0 aliphatic heterocycles. The van der Waals surface area contributed by atoms with Crippen molar-refractivity contribution in [3.05, 3.63) is 35.5 Å². The third kappa shape index (κ3) is 1.79. The van der Waals surface area contributed by atoms with Crippen LogP contribution in [0, 0.1) is 5.92 Å². The summed E-state index contributed by atoms with van der Waals surface area (Å²) in [5.41, 5.74) is 2.18. The second kappa shape index (κ2) is 3.82. The van der Waals surface area contributed by atoms with Crippen molar-refractivity contribution in [1.82, 2.24) is 0 Å². The Morgan fingerprint density at radius 3 is 3.21 bits per heavy atom. The summed E-state index contributed by atoms with van der Waals surface area (Å²) in [5, 5.41) is 0. The highest BCUT2D eigenvalue weighted by atomic mass is 16.5. The maximum Gasteiger partial charge on any atom is 0.337 e. The standard InChI is InChI=1S/C12H14O2/c1-14-12(13)11-4-2-3-9-5-6-10(7-9)8-11/h2-4,8,10H,5-7H2,1H3/b4-2-,9-3-,11-8+. The summed E-state index contributed by atoms with van der Waals surface area (Å²) >= 11 is 0. The van der Waals surface area contributed by atoms with Crippen LogP contribution in [0.15, 0.2) is 35.5 Å². The Bertz CT molecular complexity index is 334. The summed E-state index contributed by atoms with van der Waals surface area (Å²) in [7, 11) is 1.42. The van der Waals surface area contributed by atoms with E-state index in [1.54, 1.807) is 0 Å². The van der Waals surface area contributed by atoms with Gasteiger partial charge in [0, 0.05) is 0 Å². The molecule has 0 spiro atoms. The first kappa shape index (κ1) is 9.25. The van der Waals surface area contributed by atoms with E-state index in [0.717, 1.165) is 12.8 Å². The van der Waals surface area contributed by atoms with Crippen molar-refractivity contribution >= 4 is 5.97 Å². The summed E-state index contributed by atoms with van der Waals surface area (Å²) < 4.78 is 4.71. The number of allylic oxidation sites excluding steroid dienone is 4. The molecule has 1 unspecified atom stereocenters. The average molecular weight is 190 g/mol. The molecule has 0 aromatic rings. The van der Waals surface area contributed by atoms with Gasteiger partial charge in [-0.3, -0.25) is 0 Å². The van der Waals surface area contributed by atoms with Gasteiger partial charge >= 0.3 is 5.97 Å². The van der Waals surface area contributed by atoms with Gasteiger partial charge in [-0.05, 0) is 31.3 Å². The highest BCUT2D eigenvalue weighted by Crippen LogP contribution is 2.33. The zero-order valence-corrected chi connectivity index (χ0v) is 8.32. The molecule has 0 saturated heterocycles. The van der Waals surface area contributed by atoms with Crippen LogP contribution in [0.1, 0.15) is 19.3 Å². The van der Waals surface area contributed by atoms with Crippen molar-refractivity contribution in [1.29, 1.82) is 0 Å². The molecule has 2 bridgehead atoms. The number of fused-ring (bicyclic) bond motifs is 2. The van der Waals surface area contributed by atoms with Crippen LogP contribution in [0.3, 0.4) is 0 Å². The van der Waals surface area contributed by atoms with E-state index in [-0.39, 0.29) is 5.97 Å². The molecule has 0 amide bonds. The minimum atomic E-state index is -0.231. The van der Waals surface area contributed by atoms with Gasteiger partial charge in [0.25, 0.3) is 0 Å². The highest BCUT2D eigenvalue weighted by Gasteiger charge is 2.20. The zero-order valence-electron chi connectivity index (χ0n) is 8.32. The van der Waals surface area contributed by atoms with Gasteiger partial charge in [-0.15, -0.1) is 0 Å². The van der Waals surface area contributed by atoms with Crippen LogP contribution in [-0.2, 0) is 9.53 Å². The number of hydrogen-bond donors (Lipinski definition) is 0. The van der Waals surface area contributed by atoms with Gasteiger partial charge in [0.15, 0.2) is 0 Å². The van der Waals surface area contributed by atoms with E-state index in [4.69, 9.17) is 4.74 Å². The highest BCUT2D eigenvalue weighted by molar-refractivity contribution is 5.91. The van der Waals surface area contributed by atoms with Crippen molar-refractivity contribution in [2.24, 2.45) is 5.92 Å². The number of ether oxygens (including phenoxy) is 1. The molecule has 1 atom stereocenters. The Balaban J connectivity index is 2.26. The van der Waals surface area contributed by atoms with E-state index in [2.05, 4.69) is 6.08 Å². The largest absolute Gasteiger partial charge is 0.465 e. The fourth-order valence-corrected chi connectivity index (χ4v) is 2.06. The first-order valence-electron chi connectivity index (χ1n) is 4.96. The van der Waals surface area contributed by atoms with Crippen molar-refractivity contribution in [3.63, 3.8) is 0 Å². The molecular weight excluding hydrogens is 176 g/mol. The van der Waals surface area contributed by atoms with Crippen LogP contribution < -0.4 is 0 Å². The number of esters is 1. The Labute approximate surface area is 83.9 Å². The molecule has 74 valence electrons. The molecule has 1 fully saturated rings. The van der Waals surface area contributed by atoms with E-state index in [0.29, 0.717) is 11.5 Å². The van der Waals surface area contributed by atoms with Gasteiger partial charge in [0.1, 0.15) is 0 Å². The van der Waals surface area contributed by atoms with Gasteiger partial charge in [0.05, 0.1) is 12.7 Å². The number of carbonyl (C=O) groups excluding carboxylic acids is 1. The van der Waals surface area contributed by atoms with Crippen LogP contribution >= 0.6 is 0 Å². The Morgan fingerprint density at radius 2 is 2.43 bits per heavy atom. The Kier molecular flexibility index (Phi) is 2.53. The van der Waals surface area contributed by atoms with Crippen LogP contribution in [0.5, 0.6) is 0 Å². The van der Waals surface area contributed by atoms with E-state index < -0.39 is 0 Å². The van der Waals surface area contributed by atoms with Crippen molar-refractivity contribution < 1.29 is 9.53 Å². The molecule has 1 saturated carbocycles. The van der Waals surface area contributed by atoms with E-state index in [9.17, 15) is 4.79 Å². The maximum absolute atomic E-state index is 11.3. The lowest BCUT2D eigenvalue weighted by Crippen LogP contribution is -2.05. The molecule has 0 radical (unpaired) electrons. The summed E-state index contributed by atoms with van der Waals surface area (Å²) in [5.74, 6) is 0.297. The third-order valence-corrected chi connectivity index (χ3v) is 2.80. The predicted molar refractivity (Wildman–Crippen MR) is 54.7 cm³/mol. The van der Waals surface area contributed by atoms with E-state index in [1.807, 2.05) is 18.2 Å². The first-order valence-corrected chi connectivity index (χ1v) is 4.96. The fourth-order valence-electron chi connectivity index (χ4n) is 2.06. The van der Waals surface area contributed by atoms with Crippen LogP contribution in [0.25, 0.3) is 0 Å². The Hall–Kier alpha value is -1.31. The fraction of sp³-hybridized carbons (Fsp3) is 0.417. The number of rotatable bonds is 1. The minimum Gasteiger partial charge on any atom is -0.465 e. The molecular formula is C12H14O2. The summed E-state index contributed by atoms with van der Waals surface area (Å²) in [6.45, 7) is 0. The SMILES string of the molecule is COC(=O)C1=C/C2CC/C(=C/C=C\1)C2. The first-order chi connectivity index (χ1) is 6.79. The lowest BCUT2D eigenvalue weighted by atomic mass is 10.0. The number of carbonyl (C=O) groups is 1. The second-order valence-corrected chi connectivity index (χ2v) is 3.80. The van der Waals surface area contributed by atoms with Crippen molar-refractivity contribution in [2.45, 2.75) is 19.3 Å². The van der Waals surface area contributed by atoms with Crippen LogP contribution in [-0.4, -0.2) is 13.1 Å². The maximum atomic E-state index is 11.3. The summed E-state index contributed by atoms with van der Waals surface area (Å²) in [4.78, 5) is 11.3. The molecule has 2 rings (SSSR count). The lowest BCUT2D eigenvalue weighted by molar-refractivity contribution is -0.135. The molecule has 2 aliphatic rings. The number of methoxy groups -OCH3 is 1. The molecule has 14 heavy (non-hydrogen) atoms. The molecule has 0 aromatic heterocycles. The van der Waals surface area contributed by atoms with Crippen LogP contribution in [0.4, 0.5) is 0 Å². The average Bonchev–Trinajstić information content (AvgIpc) is 2.62. The molecule has 2 aliphatic carbocycles. The molecule has 2 heteroatoms. The second-order valence-electron chi connectivity index (χ2n) is 3.80. The van der Waals surface area contributed by atoms with Crippen molar-refractivity contribution in [2.75, 3.05) is 7.11 Å². The predicted octanol–water partition coefficient (Wildman–Crippen LogP) is 2.38. The third-order valence-electron chi connectivity index (χ3n) is 2.80. The summed E-state index contributed by atoms with van der Waals surface area (Å²) in [6.07, 6.45) is 11.4. The molecule has 2 nitrogen and oxygen atoms in total. The number of hydrogen-bond acceptors (Lipinski definition) is 2. The van der Waals surface area contributed by atoms with Gasteiger partial charge < -0.3 is 4.74 Å². The topological polar surface area (TPSA) is 26.3 Å². The van der Waals surface area contributed by atoms with Gasteiger partial charge in [-0.1, -0.05) is 23.8 Å². The zero-order chi connectivity index (χ0) is 9.97. The quantitative estimate of drug-likeness (QED) is 0.593. The van der Waals surface area contributed by atoms with Gasteiger partial charge in [0.2, 0.25) is 0 Å². The molecule has 0 N–H and O–H groups in total. The lowest BCUT2D eigenvalue weighted by Gasteiger charge is -2.06.